The molecular formula is C27H38O2S. The number of hydrogen-bond donors (Lipinski definition) is 0. The maximum Gasteiger partial charge on any atom is 0.233 e. The van der Waals surface area contributed by atoms with Gasteiger partial charge in [-0.15, -0.1) is 0 Å². The third-order valence-electron chi connectivity index (χ3n) is 5.57. The zero-order chi connectivity index (χ0) is 21.4. The molecule has 0 atom stereocenters. The Labute approximate surface area is 187 Å². The van der Waals surface area contributed by atoms with Crippen LogP contribution in [0.4, 0.5) is 0 Å². The minimum atomic E-state index is -0.347. The summed E-state index contributed by atoms with van der Waals surface area (Å²) in [6.07, 6.45) is 21.4. The van der Waals surface area contributed by atoms with E-state index in [1.54, 1.807) is 6.07 Å². The van der Waals surface area contributed by atoms with Crippen LogP contribution in [-0.4, -0.2) is 23.1 Å². The SMILES string of the molecule is CCCCCCCC/C=C\CCCCSCCCC1=Cc2ccccc2C(=O)C1=O. The summed E-state index contributed by atoms with van der Waals surface area (Å²) in [6, 6.07) is 7.37. The van der Waals surface area contributed by atoms with E-state index in [9.17, 15) is 9.59 Å². The number of rotatable bonds is 16. The predicted octanol–water partition coefficient (Wildman–Crippen LogP) is 7.83. The summed E-state index contributed by atoms with van der Waals surface area (Å²) >= 11 is 1.96. The van der Waals surface area contributed by atoms with Gasteiger partial charge in [-0.2, -0.15) is 11.8 Å². The standard InChI is InChI=1S/C27H38O2S/c1-2-3-4-5-6-7-8-9-10-11-12-15-20-30-21-16-18-24-22-23-17-13-14-19-25(23)27(29)26(24)28/h9-10,13-14,17,19,22H,2-8,11-12,15-16,18,20-21H2,1H3/b10-9-. The molecule has 164 valence electrons. The zero-order valence-corrected chi connectivity index (χ0v) is 19.5. The van der Waals surface area contributed by atoms with Crippen molar-refractivity contribution in [3.63, 3.8) is 0 Å². The molecule has 0 N–H and O–H groups in total. The summed E-state index contributed by atoms with van der Waals surface area (Å²) in [6.45, 7) is 2.27. The molecular weight excluding hydrogens is 388 g/mol. The molecule has 0 spiro atoms. The fraction of sp³-hybridized carbons (Fsp3) is 0.556. The Morgan fingerprint density at radius 2 is 1.43 bits per heavy atom. The summed E-state index contributed by atoms with van der Waals surface area (Å²) < 4.78 is 0. The Balaban J connectivity index is 1.46. The van der Waals surface area contributed by atoms with Crippen molar-refractivity contribution in [2.24, 2.45) is 0 Å². The number of benzene rings is 1. The van der Waals surface area contributed by atoms with Crippen LogP contribution in [-0.2, 0) is 4.79 Å². The average molecular weight is 427 g/mol. The molecule has 1 aliphatic carbocycles. The first-order chi connectivity index (χ1) is 14.7. The first-order valence-corrected chi connectivity index (χ1v) is 13.0. The van der Waals surface area contributed by atoms with Crippen molar-refractivity contribution in [1.82, 2.24) is 0 Å². The molecule has 2 nitrogen and oxygen atoms in total. The molecule has 0 saturated carbocycles. The molecule has 1 aromatic rings. The number of ketones is 2. The molecule has 0 bridgehead atoms. The number of carbonyl (C=O) groups excluding carboxylic acids is 2. The maximum atomic E-state index is 12.2. The highest BCUT2D eigenvalue weighted by Crippen LogP contribution is 2.24. The highest BCUT2D eigenvalue weighted by molar-refractivity contribution is 7.99. The van der Waals surface area contributed by atoms with Crippen molar-refractivity contribution in [3.8, 4) is 0 Å². The fourth-order valence-electron chi connectivity index (χ4n) is 3.75. The lowest BCUT2D eigenvalue weighted by Crippen LogP contribution is -2.21. The summed E-state index contributed by atoms with van der Waals surface area (Å²) in [7, 11) is 0. The molecule has 1 aliphatic rings. The van der Waals surface area contributed by atoms with Gasteiger partial charge in [-0.25, -0.2) is 0 Å². The number of allylic oxidation sites excluding steroid dienone is 3. The van der Waals surface area contributed by atoms with Crippen LogP contribution in [0.15, 0.2) is 42.0 Å². The van der Waals surface area contributed by atoms with Crippen LogP contribution in [0, 0.1) is 0 Å². The van der Waals surface area contributed by atoms with E-state index in [1.165, 1.54) is 70.0 Å². The Bertz CT molecular complexity index is 717. The molecule has 0 fully saturated rings. The number of carbonyl (C=O) groups is 2. The topological polar surface area (TPSA) is 34.1 Å². The molecule has 0 radical (unpaired) electrons. The summed E-state index contributed by atoms with van der Waals surface area (Å²) in [5.41, 5.74) is 2.10. The lowest BCUT2D eigenvalue weighted by atomic mass is 9.88. The van der Waals surface area contributed by atoms with Crippen molar-refractivity contribution in [3.05, 3.63) is 53.1 Å². The van der Waals surface area contributed by atoms with Gasteiger partial charge in [0.05, 0.1) is 0 Å². The van der Waals surface area contributed by atoms with Gasteiger partial charge in [0.1, 0.15) is 0 Å². The van der Waals surface area contributed by atoms with Crippen molar-refractivity contribution in [1.29, 1.82) is 0 Å². The van der Waals surface area contributed by atoms with Crippen LogP contribution >= 0.6 is 11.8 Å². The van der Waals surface area contributed by atoms with Gasteiger partial charge in [-0.1, -0.05) is 75.4 Å². The Morgan fingerprint density at radius 3 is 2.23 bits per heavy atom. The average Bonchev–Trinajstić information content (AvgIpc) is 2.76. The zero-order valence-electron chi connectivity index (χ0n) is 18.7. The molecule has 0 amide bonds. The fourth-order valence-corrected chi connectivity index (χ4v) is 4.71. The molecule has 1 aromatic carbocycles. The van der Waals surface area contributed by atoms with Gasteiger partial charge in [0.25, 0.3) is 0 Å². The molecule has 0 saturated heterocycles. The van der Waals surface area contributed by atoms with Crippen LogP contribution in [0.25, 0.3) is 6.08 Å². The number of Topliss-reactive ketones (excluding diaryl/α,β-unsaturated/α-hetero) is 2. The summed E-state index contributed by atoms with van der Waals surface area (Å²) in [5.74, 6) is 1.57. The van der Waals surface area contributed by atoms with E-state index in [1.807, 2.05) is 36.0 Å². The van der Waals surface area contributed by atoms with E-state index in [2.05, 4.69) is 19.1 Å². The van der Waals surface area contributed by atoms with Crippen LogP contribution in [0.2, 0.25) is 0 Å². The van der Waals surface area contributed by atoms with Crippen LogP contribution in [0.1, 0.15) is 99.9 Å². The van der Waals surface area contributed by atoms with Crippen LogP contribution in [0.5, 0.6) is 0 Å². The van der Waals surface area contributed by atoms with E-state index in [-0.39, 0.29) is 11.6 Å². The van der Waals surface area contributed by atoms with Crippen molar-refractivity contribution >= 4 is 29.4 Å². The quantitative estimate of drug-likeness (QED) is 0.153. The Hall–Kier alpha value is -1.61. The van der Waals surface area contributed by atoms with Crippen molar-refractivity contribution in [2.45, 2.75) is 84.0 Å². The second kappa shape index (κ2) is 15.2. The lowest BCUT2D eigenvalue weighted by Gasteiger charge is -2.14. The first-order valence-electron chi connectivity index (χ1n) is 11.9. The van der Waals surface area contributed by atoms with Gasteiger partial charge >= 0.3 is 0 Å². The molecule has 0 aromatic heterocycles. The van der Waals surface area contributed by atoms with E-state index < -0.39 is 0 Å². The monoisotopic (exact) mass is 426 g/mol. The highest BCUT2D eigenvalue weighted by Gasteiger charge is 2.26. The number of fused-ring (bicyclic) bond motifs is 1. The van der Waals surface area contributed by atoms with E-state index >= 15 is 0 Å². The minimum Gasteiger partial charge on any atom is -0.285 e. The third kappa shape index (κ3) is 9.04. The minimum absolute atomic E-state index is 0.313. The predicted molar refractivity (Wildman–Crippen MR) is 131 cm³/mol. The van der Waals surface area contributed by atoms with Crippen molar-refractivity contribution in [2.75, 3.05) is 11.5 Å². The second-order valence-corrected chi connectivity index (χ2v) is 9.38. The van der Waals surface area contributed by atoms with Crippen LogP contribution in [0.3, 0.4) is 0 Å². The second-order valence-electron chi connectivity index (χ2n) is 8.15. The van der Waals surface area contributed by atoms with Gasteiger partial charge in [-0.05, 0) is 68.1 Å². The normalized spacial score (nSPS) is 13.7. The Kier molecular flexibility index (Phi) is 12.5. The maximum absolute atomic E-state index is 12.2. The van der Waals surface area contributed by atoms with Gasteiger partial charge in [0, 0.05) is 11.1 Å². The van der Waals surface area contributed by atoms with E-state index in [0.717, 1.165) is 17.7 Å². The largest absolute Gasteiger partial charge is 0.285 e. The third-order valence-corrected chi connectivity index (χ3v) is 6.72. The van der Waals surface area contributed by atoms with E-state index in [0.29, 0.717) is 17.6 Å². The smallest absolute Gasteiger partial charge is 0.233 e. The van der Waals surface area contributed by atoms with E-state index in [4.69, 9.17) is 0 Å². The van der Waals surface area contributed by atoms with Gasteiger partial charge in [-0.3, -0.25) is 9.59 Å². The highest BCUT2D eigenvalue weighted by atomic mass is 32.2. The van der Waals surface area contributed by atoms with Gasteiger partial charge < -0.3 is 0 Å². The summed E-state index contributed by atoms with van der Waals surface area (Å²) in [5, 5.41) is 0. The number of thioether (sulfide) groups is 1. The molecule has 30 heavy (non-hydrogen) atoms. The molecule has 0 heterocycles. The molecule has 0 aliphatic heterocycles. The van der Waals surface area contributed by atoms with Crippen LogP contribution < -0.4 is 0 Å². The van der Waals surface area contributed by atoms with Gasteiger partial charge in [0.15, 0.2) is 0 Å². The first kappa shape index (κ1) is 24.7. The number of unbranched alkanes of at least 4 members (excludes halogenated alkanes) is 8. The molecule has 3 heteroatoms. The summed E-state index contributed by atoms with van der Waals surface area (Å²) in [4.78, 5) is 24.4. The molecule has 0 unspecified atom stereocenters. The molecule has 2 rings (SSSR count). The lowest BCUT2D eigenvalue weighted by molar-refractivity contribution is -0.112. The Morgan fingerprint density at radius 1 is 0.767 bits per heavy atom. The number of hydrogen-bond acceptors (Lipinski definition) is 3. The van der Waals surface area contributed by atoms with Gasteiger partial charge in [0.2, 0.25) is 11.6 Å². The van der Waals surface area contributed by atoms with Crippen molar-refractivity contribution < 1.29 is 9.59 Å².